The maximum atomic E-state index is 13.1. The molecule has 1 aromatic heterocycles. The van der Waals surface area contributed by atoms with Crippen molar-refractivity contribution in [3.05, 3.63) is 59.3 Å². The molecule has 2 aliphatic rings. The van der Waals surface area contributed by atoms with Gasteiger partial charge in [0, 0.05) is 58.3 Å². The number of anilines is 1. The number of carbonyl (C=O) groups excluding carboxylic acids is 3. The maximum Gasteiger partial charge on any atom is 0.257 e. The van der Waals surface area contributed by atoms with E-state index in [1.807, 2.05) is 41.3 Å². The third-order valence-corrected chi connectivity index (χ3v) is 6.59. The first-order valence-corrected chi connectivity index (χ1v) is 11.4. The molecule has 2 fully saturated rings. The second-order valence-corrected chi connectivity index (χ2v) is 9.13. The lowest BCUT2D eigenvalue weighted by Crippen LogP contribution is -2.42. The third kappa shape index (κ3) is 4.99. The van der Waals surface area contributed by atoms with Crippen LogP contribution in [-0.2, 0) is 16.1 Å². The van der Waals surface area contributed by atoms with Crippen LogP contribution in [0.5, 0.6) is 0 Å². The van der Waals surface area contributed by atoms with E-state index in [-0.39, 0.29) is 41.8 Å². The highest BCUT2D eigenvalue weighted by molar-refractivity contribution is 5.98. The summed E-state index contributed by atoms with van der Waals surface area (Å²) < 4.78 is 0. The van der Waals surface area contributed by atoms with Gasteiger partial charge >= 0.3 is 0 Å². The Bertz CT molecular complexity index is 1030. The Hall–Kier alpha value is -3.42. The minimum absolute atomic E-state index is 0.0409. The standard InChI is InChI=1S/C25H31N5O3/c1-28(2)25(33)20-8-9-21(27-23(20)26)18-10-12-29(13-11-18)24(32)19-14-22(31)30(16-19)15-17-6-4-3-5-7-17/h3-9,18-19H,10-16H2,1-2H3,(H2,26,27). The van der Waals surface area contributed by atoms with Gasteiger partial charge in [-0.2, -0.15) is 0 Å². The lowest BCUT2D eigenvalue weighted by Gasteiger charge is -2.33. The molecule has 8 heteroatoms. The zero-order valence-corrected chi connectivity index (χ0v) is 19.2. The van der Waals surface area contributed by atoms with E-state index < -0.39 is 0 Å². The molecule has 1 atom stereocenters. The van der Waals surface area contributed by atoms with Crippen LogP contribution in [0.3, 0.4) is 0 Å². The average molecular weight is 450 g/mol. The fourth-order valence-electron chi connectivity index (χ4n) is 4.69. The van der Waals surface area contributed by atoms with E-state index in [9.17, 15) is 14.4 Å². The van der Waals surface area contributed by atoms with Crippen LogP contribution in [0.1, 0.15) is 46.8 Å². The van der Waals surface area contributed by atoms with Gasteiger partial charge in [0.2, 0.25) is 11.8 Å². The van der Waals surface area contributed by atoms with Crippen LogP contribution in [0.2, 0.25) is 0 Å². The van der Waals surface area contributed by atoms with Gasteiger partial charge in [-0.25, -0.2) is 4.98 Å². The Morgan fingerprint density at radius 1 is 1.09 bits per heavy atom. The zero-order valence-electron chi connectivity index (χ0n) is 19.2. The van der Waals surface area contributed by atoms with Crippen LogP contribution in [0.15, 0.2) is 42.5 Å². The quantitative estimate of drug-likeness (QED) is 0.754. The van der Waals surface area contributed by atoms with Gasteiger partial charge in [0.05, 0.1) is 11.5 Å². The highest BCUT2D eigenvalue weighted by atomic mass is 16.2. The molecule has 2 saturated heterocycles. The summed E-state index contributed by atoms with van der Waals surface area (Å²) in [5, 5.41) is 0. The van der Waals surface area contributed by atoms with Crippen molar-refractivity contribution in [2.75, 3.05) is 39.5 Å². The molecule has 0 saturated carbocycles. The number of carbonyl (C=O) groups is 3. The van der Waals surface area contributed by atoms with Crippen molar-refractivity contribution in [3.8, 4) is 0 Å². The number of nitrogen functional groups attached to an aromatic ring is 1. The SMILES string of the molecule is CN(C)C(=O)c1ccc(C2CCN(C(=O)C3CC(=O)N(Cc4ccccc4)C3)CC2)nc1N. The monoisotopic (exact) mass is 449 g/mol. The predicted octanol–water partition coefficient (Wildman–Crippen LogP) is 2.12. The van der Waals surface area contributed by atoms with Crippen LogP contribution in [-0.4, -0.2) is 71.1 Å². The Morgan fingerprint density at radius 3 is 2.42 bits per heavy atom. The number of nitrogens with two attached hydrogens (primary N) is 1. The number of rotatable bonds is 5. The molecule has 1 unspecified atom stereocenters. The van der Waals surface area contributed by atoms with Crippen molar-refractivity contribution in [2.24, 2.45) is 5.92 Å². The summed E-state index contributed by atoms with van der Waals surface area (Å²) in [6.45, 7) is 2.29. The first kappa shape index (κ1) is 22.8. The van der Waals surface area contributed by atoms with E-state index in [1.54, 1.807) is 25.1 Å². The third-order valence-electron chi connectivity index (χ3n) is 6.59. The van der Waals surface area contributed by atoms with Crippen molar-refractivity contribution in [1.29, 1.82) is 0 Å². The van der Waals surface area contributed by atoms with Gasteiger partial charge in [0.25, 0.3) is 5.91 Å². The van der Waals surface area contributed by atoms with Crippen LogP contribution in [0.4, 0.5) is 5.82 Å². The fraction of sp³-hybridized carbons (Fsp3) is 0.440. The number of aromatic nitrogens is 1. The van der Waals surface area contributed by atoms with Gasteiger partial charge < -0.3 is 20.4 Å². The average Bonchev–Trinajstić information content (AvgIpc) is 3.18. The lowest BCUT2D eigenvalue weighted by atomic mass is 9.91. The van der Waals surface area contributed by atoms with Crippen LogP contribution >= 0.6 is 0 Å². The molecule has 0 radical (unpaired) electrons. The molecule has 3 heterocycles. The largest absolute Gasteiger partial charge is 0.383 e. The minimum atomic E-state index is -0.275. The summed E-state index contributed by atoms with van der Waals surface area (Å²) in [4.78, 5) is 47.4. The summed E-state index contributed by atoms with van der Waals surface area (Å²) in [7, 11) is 3.36. The second kappa shape index (κ2) is 9.60. The maximum absolute atomic E-state index is 13.1. The Morgan fingerprint density at radius 2 is 1.79 bits per heavy atom. The number of hydrogen-bond acceptors (Lipinski definition) is 5. The van der Waals surface area contributed by atoms with Crippen LogP contribution < -0.4 is 5.73 Å². The summed E-state index contributed by atoms with van der Waals surface area (Å²) in [5.41, 5.74) is 8.39. The summed E-state index contributed by atoms with van der Waals surface area (Å²) in [6.07, 6.45) is 1.85. The van der Waals surface area contributed by atoms with Gasteiger partial charge in [-0.1, -0.05) is 30.3 Å². The molecule has 0 bridgehead atoms. The highest BCUT2D eigenvalue weighted by Crippen LogP contribution is 2.30. The highest BCUT2D eigenvalue weighted by Gasteiger charge is 2.37. The summed E-state index contributed by atoms with van der Waals surface area (Å²) >= 11 is 0. The molecule has 0 aliphatic carbocycles. The smallest absolute Gasteiger partial charge is 0.257 e. The first-order valence-electron chi connectivity index (χ1n) is 11.4. The van der Waals surface area contributed by atoms with Crippen molar-refractivity contribution >= 4 is 23.5 Å². The molecule has 8 nitrogen and oxygen atoms in total. The molecule has 2 N–H and O–H groups in total. The Balaban J connectivity index is 1.32. The van der Waals surface area contributed by atoms with Gasteiger partial charge in [-0.05, 0) is 30.5 Å². The van der Waals surface area contributed by atoms with Gasteiger partial charge in [0.15, 0.2) is 0 Å². The molecule has 174 valence electrons. The van der Waals surface area contributed by atoms with Crippen molar-refractivity contribution in [1.82, 2.24) is 19.7 Å². The van der Waals surface area contributed by atoms with Gasteiger partial charge in [-0.3, -0.25) is 14.4 Å². The number of hydrogen-bond donors (Lipinski definition) is 1. The number of pyridine rings is 1. The molecular weight excluding hydrogens is 418 g/mol. The van der Waals surface area contributed by atoms with Crippen molar-refractivity contribution < 1.29 is 14.4 Å². The molecule has 2 aromatic rings. The predicted molar refractivity (Wildman–Crippen MR) is 125 cm³/mol. The van der Waals surface area contributed by atoms with Gasteiger partial charge in [0.1, 0.15) is 5.82 Å². The van der Waals surface area contributed by atoms with Crippen molar-refractivity contribution in [2.45, 2.75) is 31.7 Å². The lowest BCUT2D eigenvalue weighted by molar-refractivity contribution is -0.136. The number of piperidine rings is 1. The van der Waals surface area contributed by atoms with Crippen LogP contribution in [0.25, 0.3) is 0 Å². The molecule has 3 amide bonds. The minimum Gasteiger partial charge on any atom is -0.383 e. The number of amides is 3. The summed E-state index contributed by atoms with van der Waals surface area (Å²) in [6, 6.07) is 13.5. The second-order valence-electron chi connectivity index (χ2n) is 9.13. The number of nitrogens with zero attached hydrogens (tertiary/aromatic N) is 4. The molecule has 0 spiro atoms. The molecule has 1 aromatic carbocycles. The van der Waals surface area contributed by atoms with Crippen molar-refractivity contribution in [3.63, 3.8) is 0 Å². The Labute approximate surface area is 194 Å². The molecule has 4 rings (SSSR count). The molecular formula is C25H31N5O3. The summed E-state index contributed by atoms with van der Waals surface area (Å²) in [5.74, 6) is 0.102. The van der Waals surface area contributed by atoms with Gasteiger partial charge in [-0.15, -0.1) is 0 Å². The van der Waals surface area contributed by atoms with E-state index in [2.05, 4.69) is 4.98 Å². The van der Waals surface area contributed by atoms with E-state index in [4.69, 9.17) is 5.73 Å². The molecule has 33 heavy (non-hydrogen) atoms. The number of likely N-dealkylation sites (tertiary alicyclic amines) is 2. The topological polar surface area (TPSA) is 99.8 Å². The van der Waals surface area contributed by atoms with E-state index in [1.165, 1.54) is 4.90 Å². The Kier molecular flexibility index (Phi) is 6.62. The van der Waals surface area contributed by atoms with Crippen LogP contribution in [0, 0.1) is 5.92 Å². The number of benzene rings is 1. The zero-order chi connectivity index (χ0) is 23.5. The fourth-order valence-corrected chi connectivity index (χ4v) is 4.69. The normalized spacial score (nSPS) is 19.1. The van der Waals surface area contributed by atoms with E-state index >= 15 is 0 Å². The first-order chi connectivity index (χ1) is 15.8. The van der Waals surface area contributed by atoms with E-state index in [0.29, 0.717) is 31.7 Å². The molecule has 2 aliphatic heterocycles. The van der Waals surface area contributed by atoms with E-state index in [0.717, 1.165) is 24.1 Å².